The van der Waals surface area contributed by atoms with Gasteiger partial charge in [-0.3, -0.25) is 0 Å². The van der Waals surface area contributed by atoms with Gasteiger partial charge in [0.15, 0.2) is 0 Å². The molecule has 94 valence electrons. The van der Waals surface area contributed by atoms with Crippen molar-refractivity contribution in [2.24, 2.45) is 5.92 Å². The van der Waals surface area contributed by atoms with E-state index in [0.29, 0.717) is 11.7 Å². The van der Waals surface area contributed by atoms with Gasteiger partial charge in [-0.1, -0.05) is 33.1 Å². The van der Waals surface area contributed by atoms with E-state index in [1.54, 1.807) is 0 Å². The summed E-state index contributed by atoms with van der Waals surface area (Å²) >= 11 is 0. The summed E-state index contributed by atoms with van der Waals surface area (Å²) in [4.78, 5) is 8.70. The smallest absolute Gasteiger partial charge is 0.135 e. The SMILES string of the molecule is CC(C)c1nc(N)cc(NCCC2CCC2)n1. The zero-order valence-corrected chi connectivity index (χ0v) is 10.7. The van der Waals surface area contributed by atoms with E-state index in [0.717, 1.165) is 24.1 Å². The molecule has 4 nitrogen and oxygen atoms in total. The number of rotatable bonds is 5. The van der Waals surface area contributed by atoms with Gasteiger partial charge in [0.1, 0.15) is 17.5 Å². The minimum absolute atomic E-state index is 0.311. The Morgan fingerprint density at radius 1 is 1.41 bits per heavy atom. The predicted molar refractivity (Wildman–Crippen MR) is 71.0 cm³/mol. The van der Waals surface area contributed by atoms with Crippen molar-refractivity contribution in [1.29, 1.82) is 0 Å². The number of nitrogens with two attached hydrogens (primary N) is 1. The highest BCUT2D eigenvalue weighted by Crippen LogP contribution is 2.29. The minimum atomic E-state index is 0.311. The number of hydrogen-bond donors (Lipinski definition) is 2. The van der Waals surface area contributed by atoms with E-state index in [1.165, 1.54) is 25.7 Å². The lowest BCUT2D eigenvalue weighted by molar-refractivity contribution is 0.303. The van der Waals surface area contributed by atoms with Gasteiger partial charge < -0.3 is 11.1 Å². The summed E-state index contributed by atoms with van der Waals surface area (Å²) in [5.41, 5.74) is 5.77. The van der Waals surface area contributed by atoms with Crippen LogP contribution in [0.15, 0.2) is 6.07 Å². The van der Waals surface area contributed by atoms with E-state index < -0.39 is 0 Å². The van der Waals surface area contributed by atoms with Crippen LogP contribution >= 0.6 is 0 Å². The minimum Gasteiger partial charge on any atom is -0.384 e. The highest BCUT2D eigenvalue weighted by atomic mass is 15.0. The lowest BCUT2D eigenvalue weighted by atomic mass is 9.83. The number of nitrogens with zero attached hydrogens (tertiary/aromatic N) is 2. The van der Waals surface area contributed by atoms with Crippen molar-refractivity contribution in [1.82, 2.24) is 9.97 Å². The molecule has 4 heteroatoms. The molecule has 0 aliphatic heterocycles. The zero-order valence-electron chi connectivity index (χ0n) is 10.7. The van der Waals surface area contributed by atoms with Crippen LogP contribution in [0.4, 0.5) is 11.6 Å². The molecule has 2 rings (SSSR count). The second-order valence-corrected chi connectivity index (χ2v) is 5.20. The molecule has 1 aromatic heterocycles. The molecule has 1 saturated carbocycles. The monoisotopic (exact) mass is 234 g/mol. The number of hydrogen-bond acceptors (Lipinski definition) is 4. The molecule has 0 bridgehead atoms. The fourth-order valence-electron chi connectivity index (χ4n) is 2.02. The molecular weight excluding hydrogens is 212 g/mol. The maximum absolute atomic E-state index is 5.77. The summed E-state index contributed by atoms with van der Waals surface area (Å²) < 4.78 is 0. The van der Waals surface area contributed by atoms with E-state index in [-0.39, 0.29) is 0 Å². The molecule has 0 aromatic carbocycles. The van der Waals surface area contributed by atoms with Crippen LogP contribution in [-0.4, -0.2) is 16.5 Å². The second kappa shape index (κ2) is 5.34. The van der Waals surface area contributed by atoms with Crippen LogP contribution in [0, 0.1) is 5.92 Å². The first kappa shape index (κ1) is 12.1. The van der Waals surface area contributed by atoms with Crippen molar-refractivity contribution in [3.05, 3.63) is 11.9 Å². The van der Waals surface area contributed by atoms with Gasteiger partial charge >= 0.3 is 0 Å². The Morgan fingerprint density at radius 3 is 2.76 bits per heavy atom. The number of anilines is 2. The maximum atomic E-state index is 5.77. The molecule has 1 aromatic rings. The lowest BCUT2D eigenvalue weighted by Crippen LogP contribution is -2.16. The molecule has 0 atom stereocenters. The Balaban J connectivity index is 1.90. The number of aromatic nitrogens is 2. The predicted octanol–water partition coefficient (Wildman–Crippen LogP) is 2.78. The van der Waals surface area contributed by atoms with Crippen molar-refractivity contribution in [2.45, 2.75) is 45.4 Å². The average Bonchev–Trinajstić information content (AvgIpc) is 2.21. The Hall–Kier alpha value is -1.32. The van der Waals surface area contributed by atoms with Crippen LogP contribution in [0.1, 0.15) is 51.3 Å². The van der Waals surface area contributed by atoms with Crippen molar-refractivity contribution >= 4 is 11.6 Å². The third-order valence-corrected chi connectivity index (χ3v) is 3.36. The quantitative estimate of drug-likeness (QED) is 0.822. The number of nitrogen functional groups attached to an aromatic ring is 1. The van der Waals surface area contributed by atoms with E-state index in [4.69, 9.17) is 5.73 Å². The van der Waals surface area contributed by atoms with Gasteiger partial charge in [0.25, 0.3) is 0 Å². The Morgan fingerprint density at radius 2 is 2.18 bits per heavy atom. The van der Waals surface area contributed by atoms with Gasteiger partial charge in [0, 0.05) is 18.5 Å². The van der Waals surface area contributed by atoms with Gasteiger partial charge in [-0.15, -0.1) is 0 Å². The van der Waals surface area contributed by atoms with Crippen LogP contribution in [0.5, 0.6) is 0 Å². The Kier molecular flexibility index (Phi) is 3.82. The number of nitrogens with one attached hydrogen (secondary N) is 1. The molecule has 17 heavy (non-hydrogen) atoms. The van der Waals surface area contributed by atoms with E-state index >= 15 is 0 Å². The van der Waals surface area contributed by atoms with Crippen molar-refractivity contribution in [3.8, 4) is 0 Å². The molecule has 0 unspecified atom stereocenters. The summed E-state index contributed by atoms with van der Waals surface area (Å²) in [5.74, 6) is 3.46. The van der Waals surface area contributed by atoms with Crippen LogP contribution in [0.2, 0.25) is 0 Å². The van der Waals surface area contributed by atoms with Crippen molar-refractivity contribution in [3.63, 3.8) is 0 Å². The normalized spacial score (nSPS) is 15.9. The highest BCUT2D eigenvalue weighted by Gasteiger charge is 2.16. The molecule has 1 aliphatic rings. The Bertz CT molecular complexity index is 372. The third-order valence-electron chi connectivity index (χ3n) is 3.36. The molecule has 3 N–H and O–H groups in total. The van der Waals surface area contributed by atoms with Crippen LogP contribution < -0.4 is 11.1 Å². The first-order valence-corrected chi connectivity index (χ1v) is 6.53. The first-order valence-electron chi connectivity index (χ1n) is 6.53. The summed E-state index contributed by atoms with van der Waals surface area (Å²) in [6.45, 7) is 5.14. The molecule has 0 amide bonds. The van der Waals surface area contributed by atoms with E-state index in [2.05, 4.69) is 29.1 Å². The standard InChI is InChI=1S/C13H22N4/c1-9(2)13-16-11(14)8-12(17-13)15-7-6-10-4-3-5-10/h8-10H,3-7H2,1-2H3,(H3,14,15,16,17). The van der Waals surface area contributed by atoms with Gasteiger partial charge in [0.2, 0.25) is 0 Å². The first-order chi connectivity index (χ1) is 8.15. The van der Waals surface area contributed by atoms with Crippen molar-refractivity contribution < 1.29 is 0 Å². The summed E-state index contributed by atoms with van der Waals surface area (Å²) in [6.07, 6.45) is 5.43. The third kappa shape index (κ3) is 3.32. The highest BCUT2D eigenvalue weighted by molar-refractivity contribution is 5.44. The van der Waals surface area contributed by atoms with Gasteiger partial charge in [-0.05, 0) is 12.3 Å². The molecule has 1 fully saturated rings. The zero-order chi connectivity index (χ0) is 12.3. The van der Waals surface area contributed by atoms with E-state index in [1.807, 2.05) is 6.07 Å². The fraction of sp³-hybridized carbons (Fsp3) is 0.692. The molecule has 0 spiro atoms. The second-order valence-electron chi connectivity index (χ2n) is 5.20. The summed E-state index contributed by atoms with van der Waals surface area (Å²) in [6, 6.07) is 1.81. The van der Waals surface area contributed by atoms with Gasteiger partial charge in [-0.2, -0.15) is 0 Å². The van der Waals surface area contributed by atoms with E-state index in [9.17, 15) is 0 Å². The summed E-state index contributed by atoms with van der Waals surface area (Å²) in [7, 11) is 0. The molecule has 1 aliphatic carbocycles. The molecule has 0 radical (unpaired) electrons. The molecule has 1 heterocycles. The van der Waals surface area contributed by atoms with Gasteiger partial charge in [-0.25, -0.2) is 9.97 Å². The lowest BCUT2D eigenvalue weighted by Gasteiger charge is -2.25. The summed E-state index contributed by atoms with van der Waals surface area (Å²) in [5, 5.41) is 3.35. The van der Waals surface area contributed by atoms with Crippen molar-refractivity contribution in [2.75, 3.05) is 17.6 Å². The van der Waals surface area contributed by atoms with Crippen LogP contribution in [0.3, 0.4) is 0 Å². The van der Waals surface area contributed by atoms with Crippen LogP contribution in [0.25, 0.3) is 0 Å². The van der Waals surface area contributed by atoms with Gasteiger partial charge in [0.05, 0.1) is 0 Å². The largest absolute Gasteiger partial charge is 0.384 e. The topological polar surface area (TPSA) is 63.8 Å². The molecule has 0 saturated heterocycles. The average molecular weight is 234 g/mol. The maximum Gasteiger partial charge on any atom is 0.135 e. The molecular formula is C13H22N4. The fourth-order valence-corrected chi connectivity index (χ4v) is 2.02. The Labute approximate surface area is 103 Å². The van der Waals surface area contributed by atoms with Crippen LogP contribution in [-0.2, 0) is 0 Å².